The molecule has 0 aliphatic carbocycles. The van der Waals surface area contributed by atoms with Gasteiger partial charge in [-0.15, -0.1) is 0 Å². The number of hydrogen-bond donors (Lipinski definition) is 1. The molecule has 1 unspecified atom stereocenters. The highest BCUT2D eigenvalue weighted by Crippen LogP contribution is 2.38. The summed E-state index contributed by atoms with van der Waals surface area (Å²) >= 11 is 0. The molecule has 0 amide bonds. The summed E-state index contributed by atoms with van der Waals surface area (Å²) in [5.41, 5.74) is 2.61. The van der Waals surface area contributed by atoms with Gasteiger partial charge < -0.3 is 4.89 Å². The molecule has 0 saturated heterocycles. The lowest BCUT2D eigenvalue weighted by molar-refractivity contribution is 0.624. The third-order valence-electron chi connectivity index (χ3n) is 2.72. The van der Waals surface area contributed by atoms with Crippen molar-refractivity contribution in [2.24, 2.45) is 0 Å². The van der Waals surface area contributed by atoms with E-state index < -0.39 is 8.15 Å². The first-order valence-corrected chi connectivity index (χ1v) is 7.19. The Hall–Kier alpha value is -1.17. The van der Waals surface area contributed by atoms with E-state index in [2.05, 4.69) is 32.0 Å². The Morgan fingerprint density at radius 1 is 0.882 bits per heavy atom. The second-order valence-electron chi connectivity index (χ2n) is 4.32. The molecule has 2 aromatic rings. The molecule has 2 aromatic carbocycles. The highest BCUT2D eigenvalue weighted by molar-refractivity contribution is 7.60. The van der Waals surface area contributed by atoms with Gasteiger partial charge in [0.05, 0.1) is 8.15 Å². The molecule has 0 aliphatic rings. The quantitative estimate of drug-likeness (QED) is 0.815. The fraction of sp³-hybridized carbons (Fsp3) is 0.200. The summed E-state index contributed by atoms with van der Waals surface area (Å²) in [5, 5.41) is 1.07. The van der Waals surface area contributed by atoms with Gasteiger partial charge in [0.15, 0.2) is 0 Å². The van der Waals surface area contributed by atoms with Gasteiger partial charge in [0.1, 0.15) is 0 Å². The Bertz CT molecular complexity index is 479. The van der Waals surface area contributed by atoms with E-state index in [-0.39, 0.29) is 5.66 Å². The lowest BCUT2D eigenvalue weighted by Gasteiger charge is -2.18. The van der Waals surface area contributed by atoms with E-state index in [1.807, 2.05) is 36.4 Å². The van der Waals surface area contributed by atoms with Crippen LogP contribution in [0.5, 0.6) is 0 Å². The van der Waals surface area contributed by atoms with Crippen LogP contribution in [0, 0.1) is 0 Å². The van der Waals surface area contributed by atoms with Gasteiger partial charge in [0.2, 0.25) is 0 Å². The Kier molecular flexibility index (Phi) is 3.93. The minimum atomic E-state index is -1.08. The normalized spacial score (nSPS) is 12.7. The molecule has 0 saturated carbocycles. The number of benzene rings is 2. The van der Waals surface area contributed by atoms with Crippen LogP contribution in [0.3, 0.4) is 0 Å². The second kappa shape index (κ2) is 5.44. The van der Waals surface area contributed by atoms with E-state index >= 15 is 0 Å². The first kappa shape index (κ1) is 12.3. The lowest BCUT2D eigenvalue weighted by atomic mass is 10.1. The van der Waals surface area contributed by atoms with Gasteiger partial charge >= 0.3 is 0 Å². The minimum absolute atomic E-state index is 0.287. The summed E-state index contributed by atoms with van der Waals surface area (Å²) in [4.78, 5) is 10.3. The molecule has 0 aliphatic heterocycles. The summed E-state index contributed by atoms with van der Waals surface area (Å²) < 4.78 is 0. The summed E-state index contributed by atoms with van der Waals surface area (Å²) in [6.45, 7) is 4.13. The van der Waals surface area contributed by atoms with Crippen molar-refractivity contribution in [2.75, 3.05) is 0 Å². The average Bonchev–Trinajstić information content (AvgIpc) is 2.39. The van der Waals surface area contributed by atoms with Crippen LogP contribution in [0.15, 0.2) is 54.6 Å². The predicted molar refractivity (Wildman–Crippen MR) is 75.8 cm³/mol. The van der Waals surface area contributed by atoms with Gasteiger partial charge in [0, 0.05) is 11.0 Å². The molecule has 0 aromatic heterocycles. The van der Waals surface area contributed by atoms with Crippen LogP contribution in [-0.4, -0.2) is 10.6 Å². The molecule has 2 rings (SSSR count). The Morgan fingerprint density at radius 3 is 2.12 bits per heavy atom. The second-order valence-corrected chi connectivity index (χ2v) is 6.53. The molecule has 0 radical (unpaired) electrons. The SMILES string of the molecule is CC(C)P(O)c1ccccc1-c1ccccc1. The largest absolute Gasteiger partial charge is 0.369 e. The van der Waals surface area contributed by atoms with Crippen molar-refractivity contribution in [1.29, 1.82) is 0 Å². The predicted octanol–water partition coefficient (Wildman–Crippen LogP) is 3.78. The van der Waals surface area contributed by atoms with E-state index in [9.17, 15) is 4.89 Å². The van der Waals surface area contributed by atoms with Crippen molar-refractivity contribution in [3.8, 4) is 11.1 Å². The van der Waals surface area contributed by atoms with Crippen LogP contribution in [0.4, 0.5) is 0 Å². The molecule has 1 nitrogen and oxygen atoms in total. The molecule has 0 bridgehead atoms. The first-order valence-electron chi connectivity index (χ1n) is 5.82. The minimum Gasteiger partial charge on any atom is -0.369 e. The van der Waals surface area contributed by atoms with Gasteiger partial charge in [-0.05, 0) is 11.1 Å². The van der Waals surface area contributed by atoms with Crippen molar-refractivity contribution in [3.63, 3.8) is 0 Å². The van der Waals surface area contributed by atoms with E-state index in [1.165, 1.54) is 5.56 Å². The van der Waals surface area contributed by atoms with Crippen molar-refractivity contribution in [3.05, 3.63) is 54.6 Å². The molecular formula is C15H17OP. The van der Waals surface area contributed by atoms with E-state index in [0.29, 0.717) is 0 Å². The molecule has 88 valence electrons. The van der Waals surface area contributed by atoms with Crippen LogP contribution in [-0.2, 0) is 0 Å². The van der Waals surface area contributed by atoms with Gasteiger partial charge in [-0.3, -0.25) is 0 Å². The standard InChI is InChI=1S/C15H17OP/c1-12(2)17(16)15-11-7-6-10-14(15)13-8-4-3-5-9-13/h3-12,16H,1-2H3. The topological polar surface area (TPSA) is 20.2 Å². The van der Waals surface area contributed by atoms with Crippen LogP contribution >= 0.6 is 8.15 Å². The van der Waals surface area contributed by atoms with Crippen molar-refractivity contribution < 1.29 is 4.89 Å². The smallest absolute Gasteiger partial charge is 0.0595 e. The Morgan fingerprint density at radius 2 is 1.47 bits per heavy atom. The Balaban J connectivity index is 2.48. The molecule has 1 atom stereocenters. The van der Waals surface area contributed by atoms with Gasteiger partial charge in [-0.25, -0.2) is 0 Å². The monoisotopic (exact) mass is 244 g/mol. The Labute approximate surface area is 104 Å². The number of rotatable bonds is 3. The maximum atomic E-state index is 10.3. The zero-order chi connectivity index (χ0) is 12.3. The molecule has 17 heavy (non-hydrogen) atoms. The number of hydrogen-bond acceptors (Lipinski definition) is 1. The molecular weight excluding hydrogens is 227 g/mol. The maximum Gasteiger partial charge on any atom is 0.0595 e. The fourth-order valence-corrected chi connectivity index (χ4v) is 3.06. The zero-order valence-corrected chi connectivity index (χ0v) is 11.1. The first-order chi connectivity index (χ1) is 8.20. The van der Waals surface area contributed by atoms with Crippen LogP contribution < -0.4 is 5.30 Å². The maximum absolute atomic E-state index is 10.3. The van der Waals surface area contributed by atoms with Crippen LogP contribution in [0.25, 0.3) is 11.1 Å². The molecule has 0 spiro atoms. The molecule has 1 N–H and O–H groups in total. The molecule has 0 fully saturated rings. The third-order valence-corrected chi connectivity index (χ3v) is 4.59. The third kappa shape index (κ3) is 2.74. The van der Waals surface area contributed by atoms with E-state index in [0.717, 1.165) is 10.9 Å². The zero-order valence-electron chi connectivity index (χ0n) is 10.2. The fourth-order valence-electron chi connectivity index (χ4n) is 1.81. The molecule has 0 heterocycles. The average molecular weight is 244 g/mol. The summed E-state index contributed by atoms with van der Waals surface area (Å²) in [6, 6.07) is 18.4. The van der Waals surface area contributed by atoms with Gasteiger partial charge in [-0.1, -0.05) is 68.4 Å². The van der Waals surface area contributed by atoms with Crippen LogP contribution in [0.1, 0.15) is 13.8 Å². The van der Waals surface area contributed by atoms with Crippen molar-refractivity contribution >= 4 is 13.5 Å². The van der Waals surface area contributed by atoms with Gasteiger partial charge in [-0.2, -0.15) is 0 Å². The van der Waals surface area contributed by atoms with E-state index in [4.69, 9.17) is 0 Å². The van der Waals surface area contributed by atoms with Crippen molar-refractivity contribution in [1.82, 2.24) is 0 Å². The van der Waals surface area contributed by atoms with Crippen LogP contribution in [0.2, 0.25) is 0 Å². The summed E-state index contributed by atoms with van der Waals surface area (Å²) in [6.07, 6.45) is 0. The van der Waals surface area contributed by atoms with E-state index in [1.54, 1.807) is 0 Å². The summed E-state index contributed by atoms with van der Waals surface area (Å²) in [7, 11) is -1.08. The lowest BCUT2D eigenvalue weighted by Crippen LogP contribution is -2.10. The molecule has 2 heteroatoms. The van der Waals surface area contributed by atoms with Gasteiger partial charge in [0.25, 0.3) is 0 Å². The van der Waals surface area contributed by atoms with Crippen molar-refractivity contribution in [2.45, 2.75) is 19.5 Å². The highest BCUT2D eigenvalue weighted by Gasteiger charge is 2.16. The summed E-state index contributed by atoms with van der Waals surface area (Å²) in [5.74, 6) is 0. The highest BCUT2D eigenvalue weighted by atomic mass is 31.1.